The van der Waals surface area contributed by atoms with E-state index in [1.165, 1.54) is 19.2 Å². The average molecular weight is 230 g/mol. The highest BCUT2D eigenvalue weighted by Gasteiger charge is 2.21. The second kappa shape index (κ2) is 5.79. The third kappa shape index (κ3) is 2.91. The Kier molecular flexibility index (Phi) is 4.67. The van der Waals surface area contributed by atoms with E-state index in [0.29, 0.717) is 5.75 Å². The van der Waals surface area contributed by atoms with Gasteiger partial charge >= 0.3 is 0 Å². The molecule has 90 valence electrons. The number of ether oxygens (including phenoxy) is 1. The highest BCUT2D eigenvalue weighted by molar-refractivity contribution is 5.30. The van der Waals surface area contributed by atoms with Gasteiger partial charge in [-0.1, -0.05) is 0 Å². The van der Waals surface area contributed by atoms with Crippen LogP contribution >= 0.6 is 0 Å². The van der Waals surface area contributed by atoms with Crippen LogP contribution in [0.4, 0.5) is 4.39 Å². The van der Waals surface area contributed by atoms with Gasteiger partial charge < -0.3 is 20.1 Å². The van der Waals surface area contributed by atoms with Crippen molar-refractivity contribution in [2.24, 2.45) is 0 Å². The number of benzene rings is 1. The summed E-state index contributed by atoms with van der Waals surface area (Å²) in [6.45, 7) is -0.268. The summed E-state index contributed by atoms with van der Waals surface area (Å²) >= 11 is 0. The molecule has 0 saturated carbocycles. The van der Waals surface area contributed by atoms with Gasteiger partial charge in [0.05, 0.1) is 13.2 Å². The molecular weight excluding hydrogens is 215 g/mol. The first-order valence-corrected chi connectivity index (χ1v) is 4.90. The van der Waals surface area contributed by atoms with Gasteiger partial charge in [0, 0.05) is 18.2 Å². The largest absolute Gasteiger partial charge is 0.497 e. The molecule has 0 aliphatic heterocycles. The molecule has 0 saturated heterocycles. The Morgan fingerprint density at radius 3 is 2.56 bits per heavy atom. The van der Waals surface area contributed by atoms with Crippen LogP contribution in [0, 0.1) is 5.82 Å². The van der Waals surface area contributed by atoms with Gasteiger partial charge in [0.1, 0.15) is 17.7 Å². The van der Waals surface area contributed by atoms with E-state index < -0.39 is 18.0 Å². The second-order valence-corrected chi connectivity index (χ2v) is 3.41. The molecule has 0 aliphatic carbocycles. The van der Waals surface area contributed by atoms with Crippen LogP contribution in [0.1, 0.15) is 18.1 Å². The van der Waals surface area contributed by atoms with E-state index in [1.54, 1.807) is 0 Å². The summed E-state index contributed by atoms with van der Waals surface area (Å²) in [6.07, 6.45) is -2.54. The predicted octanol–water partition coefficient (Wildman–Crippen LogP) is 0.611. The Bertz CT molecular complexity index is 343. The van der Waals surface area contributed by atoms with Gasteiger partial charge in [-0.15, -0.1) is 0 Å². The summed E-state index contributed by atoms with van der Waals surface area (Å²) in [5.41, 5.74) is -0.0123. The van der Waals surface area contributed by atoms with E-state index in [1.807, 2.05) is 0 Å². The Balaban J connectivity index is 2.87. The van der Waals surface area contributed by atoms with Gasteiger partial charge in [0.2, 0.25) is 0 Å². The first-order chi connectivity index (χ1) is 7.60. The zero-order valence-electron chi connectivity index (χ0n) is 8.93. The van der Waals surface area contributed by atoms with E-state index in [9.17, 15) is 14.6 Å². The predicted molar refractivity (Wildman–Crippen MR) is 55.6 cm³/mol. The van der Waals surface area contributed by atoms with Crippen molar-refractivity contribution in [2.75, 3.05) is 13.7 Å². The normalized spacial score (nSPS) is 14.6. The van der Waals surface area contributed by atoms with Crippen molar-refractivity contribution >= 4 is 0 Å². The first-order valence-electron chi connectivity index (χ1n) is 4.90. The molecule has 0 aromatic heterocycles. The number of hydrogen-bond donors (Lipinski definition) is 3. The average Bonchev–Trinajstić information content (AvgIpc) is 2.28. The molecule has 1 aromatic rings. The third-order valence-corrected chi connectivity index (χ3v) is 2.32. The lowest BCUT2D eigenvalue weighted by molar-refractivity contribution is 0.00233. The van der Waals surface area contributed by atoms with Gasteiger partial charge in [-0.25, -0.2) is 4.39 Å². The minimum absolute atomic E-state index is 0.00731. The summed E-state index contributed by atoms with van der Waals surface area (Å²) < 4.78 is 18.3. The van der Waals surface area contributed by atoms with Gasteiger partial charge in [-0.3, -0.25) is 0 Å². The standard InChI is InChI=1S/C11H15FO4/c1-16-7-2-3-8(9(12)6-7)11(15)10(14)4-5-13/h2-3,6,10-11,13-15H,4-5H2,1H3. The van der Waals surface area contributed by atoms with E-state index >= 15 is 0 Å². The molecule has 1 rings (SSSR count). The fourth-order valence-electron chi connectivity index (χ4n) is 1.37. The molecule has 0 aliphatic rings. The van der Waals surface area contributed by atoms with Crippen LogP contribution in [0.25, 0.3) is 0 Å². The molecule has 0 radical (unpaired) electrons. The fourth-order valence-corrected chi connectivity index (χ4v) is 1.37. The van der Waals surface area contributed by atoms with Crippen molar-refractivity contribution in [3.8, 4) is 5.75 Å². The first kappa shape index (κ1) is 12.9. The Morgan fingerprint density at radius 1 is 1.38 bits per heavy atom. The second-order valence-electron chi connectivity index (χ2n) is 3.41. The number of aliphatic hydroxyl groups excluding tert-OH is 3. The Labute approximate surface area is 92.9 Å². The molecule has 0 spiro atoms. The van der Waals surface area contributed by atoms with Crippen molar-refractivity contribution in [1.82, 2.24) is 0 Å². The zero-order chi connectivity index (χ0) is 12.1. The van der Waals surface area contributed by atoms with E-state index in [2.05, 4.69) is 0 Å². The van der Waals surface area contributed by atoms with Crippen LogP contribution in [0.5, 0.6) is 5.75 Å². The maximum atomic E-state index is 13.5. The number of aliphatic hydroxyl groups is 3. The molecule has 3 N–H and O–H groups in total. The summed E-state index contributed by atoms with van der Waals surface area (Å²) in [6, 6.07) is 3.97. The van der Waals surface area contributed by atoms with Crippen molar-refractivity contribution in [2.45, 2.75) is 18.6 Å². The van der Waals surface area contributed by atoms with Gasteiger partial charge in [0.15, 0.2) is 0 Å². The molecule has 0 amide bonds. The molecule has 0 bridgehead atoms. The smallest absolute Gasteiger partial charge is 0.132 e. The highest BCUT2D eigenvalue weighted by atomic mass is 19.1. The summed E-state index contributed by atoms with van der Waals surface area (Å²) in [7, 11) is 1.41. The van der Waals surface area contributed by atoms with Crippen LogP contribution in [0.15, 0.2) is 18.2 Å². The topological polar surface area (TPSA) is 69.9 Å². The lowest BCUT2D eigenvalue weighted by Crippen LogP contribution is -2.20. The van der Waals surface area contributed by atoms with Crippen LogP contribution in [-0.4, -0.2) is 35.1 Å². The van der Waals surface area contributed by atoms with Gasteiger partial charge in [-0.05, 0) is 18.6 Å². The fraction of sp³-hybridized carbons (Fsp3) is 0.455. The maximum absolute atomic E-state index is 13.5. The zero-order valence-corrected chi connectivity index (χ0v) is 8.93. The quantitative estimate of drug-likeness (QED) is 0.693. The summed E-state index contributed by atoms with van der Waals surface area (Å²) in [4.78, 5) is 0. The molecule has 4 nitrogen and oxygen atoms in total. The summed E-state index contributed by atoms with van der Waals surface area (Å²) in [5.74, 6) is -0.311. The van der Waals surface area contributed by atoms with Crippen molar-refractivity contribution < 1.29 is 24.4 Å². The molecule has 1 aromatic carbocycles. The van der Waals surface area contributed by atoms with E-state index in [0.717, 1.165) is 6.07 Å². The molecule has 0 heterocycles. The lowest BCUT2D eigenvalue weighted by atomic mass is 10.0. The van der Waals surface area contributed by atoms with Crippen molar-refractivity contribution in [3.05, 3.63) is 29.6 Å². The number of rotatable bonds is 5. The van der Waals surface area contributed by atoms with Crippen LogP contribution < -0.4 is 4.74 Å². The molecule has 0 fully saturated rings. The number of hydrogen-bond acceptors (Lipinski definition) is 4. The van der Waals surface area contributed by atoms with Gasteiger partial charge in [0.25, 0.3) is 0 Å². The molecule has 2 unspecified atom stereocenters. The van der Waals surface area contributed by atoms with Gasteiger partial charge in [-0.2, -0.15) is 0 Å². The minimum Gasteiger partial charge on any atom is -0.497 e. The SMILES string of the molecule is COc1ccc(C(O)C(O)CCO)c(F)c1. The maximum Gasteiger partial charge on any atom is 0.132 e. The van der Waals surface area contributed by atoms with Crippen LogP contribution in [0.3, 0.4) is 0 Å². The number of halogens is 1. The monoisotopic (exact) mass is 230 g/mol. The molecule has 16 heavy (non-hydrogen) atoms. The lowest BCUT2D eigenvalue weighted by Gasteiger charge is -2.18. The van der Waals surface area contributed by atoms with Crippen molar-refractivity contribution in [3.63, 3.8) is 0 Å². The Hall–Kier alpha value is -1.17. The Morgan fingerprint density at radius 2 is 2.06 bits per heavy atom. The molecule has 2 atom stereocenters. The minimum atomic E-state index is -1.35. The van der Waals surface area contributed by atoms with E-state index in [-0.39, 0.29) is 18.6 Å². The number of methoxy groups -OCH3 is 1. The summed E-state index contributed by atoms with van der Waals surface area (Å²) in [5, 5.41) is 27.6. The molecular formula is C11H15FO4. The van der Waals surface area contributed by atoms with Crippen molar-refractivity contribution in [1.29, 1.82) is 0 Å². The van der Waals surface area contributed by atoms with E-state index in [4.69, 9.17) is 9.84 Å². The van der Waals surface area contributed by atoms with Crippen LogP contribution in [0.2, 0.25) is 0 Å². The van der Waals surface area contributed by atoms with Crippen LogP contribution in [-0.2, 0) is 0 Å². The molecule has 5 heteroatoms. The third-order valence-electron chi connectivity index (χ3n) is 2.32. The highest BCUT2D eigenvalue weighted by Crippen LogP contribution is 2.24.